The standard InChI is InChI=1S/C13H11F3N2OS/c14-13(15,16)10(12(17)20)7-19-9-4-3-8-2-1-5-18-11(8)6-9/h1-6,10H,7H2,(H2,17,20). The Hall–Kier alpha value is -1.89. The van der Waals surface area contributed by atoms with Crippen molar-refractivity contribution in [1.82, 2.24) is 4.98 Å². The first kappa shape index (κ1) is 14.5. The van der Waals surface area contributed by atoms with E-state index in [9.17, 15) is 13.2 Å². The van der Waals surface area contributed by atoms with E-state index in [2.05, 4.69) is 17.2 Å². The zero-order valence-electron chi connectivity index (χ0n) is 10.2. The van der Waals surface area contributed by atoms with Crippen LogP contribution in [0.3, 0.4) is 0 Å². The van der Waals surface area contributed by atoms with E-state index >= 15 is 0 Å². The van der Waals surface area contributed by atoms with Gasteiger partial charge in [-0.05, 0) is 18.2 Å². The van der Waals surface area contributed by atoms with Crippen molar-refractivity contribution >= 4 is 28.1 Å². The van der Waals surface area contributed by atoms with Crippen LogP contribution in [0.2, 0.25) is 0 Å². The van der Waals surface area contributed by atoms with Gasteiger partial charge in [0, 0.05) is 17.6 Å². The van der Waals surface area contributed by atoms with E-state index in [-0.39, 0.29) is 0 Å². The average molecular weight is 300 g/mol. The number of hydrogen-bond donors (Lipinski definition) is 1. The zero-order chi connectivity index (χ0) is 14.8. The molecule has 2 N–H and O–H groups in total. The van der Waals surface area contributed by atoms with E-state index < -0.39 is 23.7 Å². The molecule has 0 saturated heterocycles. The molecule has 20 heavy (non-hydrogen) atoms. The zero-order valence-corrected chi connectivity index (χ0v) is 11.0. The van der Waals surface area contributed by atoms with Crippen molar-refractivity contribution < 1.29 is 17.9 Å². The highest BCUT2D eigenvalue weighted by Gasteiger charge is 2.42. The summed E-state index contributed by atoms with van der Waals surface area (Å²) in [5.41, 5.74) is 5.74. The van der Waals surface area contributed by atoms with Gasteiger partial charge in [-0.2, -0.15) is 13.2 Å². The second kappa shape index (κ2) is 5.62. The van der Waals surface area contributed by atoms with Gasteiger partial charge in [0.15, 0.2) is 0 Å². The summed E-state index contributed by atoms with van der Waals surface area (Å²) >= 11 is 4.42. The van der Waals surface area contributed by atoms with Gasteiger partial charge in [0.1, 0.15) is 18.3 Å². The van der Waals surface area contributed by atoms with Gasteiger partial charge in [-0.15, -0.1) is 0 Å². The van der Waals surface area contributed by atoms with E-state index in [4.69, 9.17) is 10.5 Å². The molecule has 2 aromatic rings. The van der Waals surface area contributed by atoms with Crippen molar-refractivity contribution in [3.63, 3.8) is 0 Å². The molecule has 0 saturated carbocycles. The topological polar surface area (TPSA) is 48.1 Å². The van der Waals surface area contributed by atoms with Crippen LogP contribution >= 0.6 is 12.2 Å². The quantitative estimate of drug-likeness (QED) is 0.882. The Labute approximate surface area is 118 Å². The number of halogens is 3. The third-order valence-corrected chi connectivity index (χ3v) is 3.02. The highest BCUT2D eigenvalue weighted by molar-refractivity contribution is 7.80. The summed E-state index contributed by atoms with van der Waals surface area (Å²) in [6.45, 7) is -0.642. The molecular weight excluding hydrogens is 289 g/mol. The number of thiocarbonyl (C=S) groups is 1. The molecule has 7 heteroatoms. The van der Waals surface area contributed by atoms with E-state index in [1.165, 1.54) is 0 Å². The number of pyridine rings is 1. The van der Waals surface area contributed by atoms with E-state index in [0.29, 0.717) is 11.3 Å². The van der Waals surface area contributed by atoms with Crippen molar-refractivity contribution in [2.24, 2.45) is 11.7 Å². The number of ether oxygens (including phenoxy) is 1. The molecule has 1 atom stereocenters. The van der Waals surface area contributed by atoms with Crippen LogP contribution in [0.5, 0.6) is 5.75 Å². The fraction of sp³-hybridized carbons (Fsp3) is 0.231. The number of nitrogens with two attached hydrogens (primary N) is 1. The molecule has 1 aromatic carbocycles. The maximum absolute atomic E-state index is 12.7. The minimum Gasteiger partial charge on any atom is -0.492 e. The predicted molar refractivity (Wildman–Crippen MR) is 73.6 cm³/mol. The van der Waals surface area contributed by atoms with Crippen molar-refractivity contribution in [3.05, 3.63) is 36.5 Å². The van der Waals surface area contributed by atoms with Crippen LogP contribution < -0.4 is 10.5 Å². The lowest BCUT2D eigenvalue weighted by Crippen LogP contribution is -2.38. The molecule has 0 spiro atoms. The third-order valence-electron chi connectivity index (χ3n) is 2.73. The lowest BCUT2D eigenvalue weighted by Gasteiger charge is -2.19. The van der Waals surface area contributed by atoms with Gasteiger partial charge in [0.25, 0.3) is 0 Å². The number of alkyl halides is 3. The van der Waals surface area contributed by atoms with Gasteiger partial charge in [0.2, 0.25) is 0 Å². The summed E-state index contributed by atoms with van der Waals surface area (Å²) in [6.07, 6.45) is -2.92. The normalized spacial score (nSPS) is 13.2. The van der Waals surface area contributed by atoms with E-state index in [1.807, 2.05) is 6.07 Å². The van der Waals surface area contributed by atoms with Crippen LogP contribution in [0.1, 0.15) is 0 Å². The molecule has 1 unspecified atom stereocenters. The Morgan fingerprint density at radius 3 is 2.75 bits per heavy atom. The molecule has 0 radical (unpaired) electrons. The Kier molecular flexibility index (Phi) is 4.08. The van der Waals surface area contributed by atoms with Gasteiger partial charge in [-0.25, -0.2) is 0 Å². The number of rotatable bonds is 4. The highest BCUT2D eigenvalue weighted by atomic mass is 32.1. The summed E-state index contributed by atoms with van der Waals surface area (Å²) in [6, 6.07) is 8.50. The molecule has 0 amide bonds. The lowest BCUT2D eigenvalue weighted by molar-refractivity contribution is -0.161. The number of benzene rings is 1. The highest BCUT2D eigenvalue weighted by Crippen LogP contribution is 2.28. The third kappa shape index (κ3) is 3.36. The minimum atomic E-state index is -4.51. The predicted octanol–water partition coefficient (Wildman–Crippen LogP) is 3.08. The Morgan fingerprint density at radius 1 is 1.35 bits per heavy atom. The molecule has 2 rings (SSSR count). The fourth-order valence-corrected chi connectivity index (χ4v) is 1.86. The Morgan fingerprint density at radius 2 is 2.10 bits per heavy atom. The fourth-order valence-electron chi connectivity index (χ4n) is 1.65. The van der Waals surface area contributed by atoms with E-state index in [1.54, 1.807) is 30.5 Å². The molecule has 3 nitrogen and oxygen atoms in total. The Bertz CT molecular complexity index is 630. The van der Waals surface area contributed by atoms with Crippen molar-refractivity contribution in [1.29, 1.82) is 0 Å². The second-order valence-corrected chi connectivity index (χ2v) is 4.64. The number of nitrogens with zero attached hydrogens (tertiary/aromatic N) is 1. The summed E-state index contributed by atoms with van der Waals surface area (Å²) in [7, 11) is 0. The van der Waals surface area contributed by atoms with Crippen molar-refractivity contribution in [2.45, 2.75) is 6.18 Å². The first-order valence-corrected chi connectivity index (χ1v) is 6.12. The molecule has 1 aromatic heterocycles. The molecule has 0 aliphatic heterocycles. The van der Waals surface area contributed by atoms with Crippen LogP contribution in [0, 0.1) is 5.92 Å². The molecule has 1 heterocycles. The van der Waals surface area contributed by atoms with Crippen LogP contribution in [0.15, 0.2) is 36.5 Å². The van der Waals surface area contributed by atoms with Crippen molar-refractivity contribution in [3.8, 4) is 5.75 Å². The van der Waals surface area contributed by atoms with Crippen LogP contribution in [-0.4, -0.2) is 22.8 Å². The molecule has 0 bridgehead atoms. The van der Waals surface area contributed by atoms with Gasteiger partial charge < -0.3 is 10.5 Å². The van der Waals surface area contributed by atoms with Crippen LogP contribution in [-0.2, 0) is 0 Å². The van der Waals surface area contributed by atoms with Gasteiger partial charge >= 0.3 is 6.18 Å². The largest absolute Gasteiger partial charge is 0.492 e. The second-order valence-electron chi connectivity index (χ2n) is 4.17. The van der Waals surface area contributed by atoms with Crippen LogP contribution in [0.4, 0.5) is 13.2 Å². The summed E-state index contributed by atoms with van der Waals surface area (Å²) in [5.74, 6) is -1.67. The molecule has 0 aliphatic carbocycles. The maximum Gasteiger partial charge on any atom is 0.401 e. The number of hydrogen-bond acceptors (Lipinski definition) is 3. The first-order valence-electron chi connectivity index (χ1n) is 5.71. The monoisotopic (exact) mass is 300 g/mol. The summed E-state index contributed by atoms with van der Waals surface area (Å²) < 4.78 is 43.1. The van der Waals surface area contributed by atoms with E-state index in [0.717, 1.165) is 5.39 Å². The number of aromatic nitrogens is 1. The Balaban J connectivity index is 2.14. The van der Waals surface area contributed by atoms with Gasteiger partial charge in [0.05, 0.1) is 10.5 Å². The summed E-state index contributed by atoms with van der Waals surface area (Å²) in [4.78, 5) is 3.47. The maximum atomic E-state index is 12.7. The molecule has 0 fully saturated rings. The molecule has 0 aliphatic rings. The van der Waals surface area contributed by atoms with Gasteiger partial charge in [-0.3, -0.25) is 4.98 Å². The van der Waals surface area contributed by atoms with Crippen molar-refractivity contribution in [2.75, 3.05) is 6.61 Å². The first-order chi connectivity index (χ1) is 9.38. The average Bonchev–Trinajstić information content (AvgIpc) is 2.36. The molecule has 106 valence electrons. The number of fused-ring (bicyclic) bond motifs is 1. The van der Waals surface area contributed by atoms with Gasteiger partial charge in [-0.1, -0.05) is 18.3 Å². The SMILES string of the molecule is NC(=S)C(COc1ccc2cccnc2c1)C(F)(F)F. The lowest BCUT2D eigenvalue weighted by atomic mass is 10.1. The molecular formula is C13H11F3N2OS. The van der Waals surface area contributed by atoms with Crippen LogP contribution in [0.25, 0.3) is 10.9 Å². The smallest absolute Gasteiger partial charge is 0.401 e. The minimum absolute atomic E-state index is 0.293. The summed E-state index contributed by atoms with van der Waals surface area (Å²) in [5, 5.41) is 0.876.